The van der Waals surface area contributed by atoms with E-state index in [-0.39, 0.29) is 0 Å². The maximum atomic E-state index is 9.98. The largest absolute Gasteiger partial charge is 0.385 e. The lowest BCUT2D eigenvalue weighted by molar-refractivity contribution is -0.0433. The molecule has 2 N–H and O–H groups in total. The number of hydrogen-bond acceptors (Lipinski definition) is 2. The molecule has 1 aromatic carbocycles. The highest BCUT2D eigenvalue weighted by Crippen LogP contribution is 2.29. The minimum absolute atomic E-state index is 0.437. The summed E-state index contributed by atoms with van der Waals surface area (Å²) < 4.78 is 0. The summed E-state index contributed by atoms with van der Waals surface area (Å²) in [6.45, 7) is 5.35. The molecule has 0 amide bonds. The molecule has 14 heavy (non-hydrogen) atoms. The smallest absolute Gasteiger partial charge is 0.112 e. The van der Waals surface area contributed by atoms with E-state index in [0.717, 1.165) is 0 Å². The van der Waals surface area contributed by atoms with Gasteiger partial charge in [-0.2, -0.15) is 0 Å². The minimum atomic E-state index is -1.23. The second-order valence-corrected chi connectivity index (χ2v) is 3.36. The highest BCUT2D eigenvalue weighted by atomic mass is 16.3. The van der Waals surface area contributed by atoms with Gasteiger partial charge in [-0.15, -0.1) is 6.58 Å². The van der Waals surface area contributed by atoms with Gasteiger partial charge in [0.1, 0.15) is 11.7 Å². The van der Waals surface area contributed by atoms with Crippen LogP contribution < -0.4 is 0 Å². The molecule has 0 aliphatic rings. The zero-order valence-corrected chi connectivity index (χ0v) is 8.35. The SMILES string of the molecule is C=C[C@@](O)(CC)[C@@H](O)c1ccccc1. The third-order valence-electron chi connectivity index (χ3n) is 2.51. The van der Waals surface area contributed by atoms with Gasteiger partial charge in [-0.3, -0.25) is 0 Å². The van der Waals surface area contributed by atoms with Gasteiger partial charge in [0.25, 0.3) is 0 Å². The van der Waals surface area contributed by atoms with E-state index in [1.165, 1.54) is 6.08 Å². The Morgan fingerprint density at radius 2 is 2.00 bits per heavy atom. The molecular formula is C12H16O2. The average Bonchev–Trinajstić information content (AvgIpc) is 2.28. The summed E-state index contributed by atoms with van der Waals surface area (Å²) in [5, 5.41) is 19.9. The zero-order chi connectivity index (χ0) is 10.6. The lowest BCUT2D eigenvalue weighted by Crippen LogP contribution is -2.33. The number of aliphatic hydroxyl groups excluding tert-OH is 1. The van der Waals surface area contributed by atoms with Gasteiger partial charge >= 0.3 is 0 Å². The molecule has 0 bridgehead atoms. The topological polar surface area (TPSA) is 40.5 Å². The first-order chi connectivity index (χ1) is 6.64. The quantitative estimate of drug-likeness (QED) is 0.717. The van der Waals surface area contributed by atoms with Crippen molar-refractivity contribution in [2.24, 2.45) is 0 Å². The van der Waals surface area contributed by atoms with Crippen molar-refractivity contribution in [3.05, 3.63) is 48.6 Å². The number of benzene rings is 1. The van der Waals surface area contributed by atoms with Crippen molar-refractivity contribution < 1.29 is 10.2 Å². The third kappa shape index (κ3) is 2.03. The predicted octanol–water partition coefficient (Wildman–Crippen LogP) is 2.05. The Balaban J connectivity index is 2.94. The van der Waals surface area contributed by atoms with E-state index in [1.807, 2.05) is 25.1 Å². The van der Waals surface area contributed by atoms with Crippen LogP contribution in [0.4, 0.5) is 0 Å². The van der Waals surface area contributed by atoms with Gasteiger partial charge in [-0.25, -0.2) is 0 Å². The van der Waals surface area contributed by atoms with Crippen LogP contribution in [-0.4, -0.2) is 15.8 Å². The van der Waals surface area contributed by atoms with E-state index in [1.54, 1.807) is 12.1 Å². The summed E-state index contributed by atoms with van der Waals surface area (Å²) in [5.74, 6) is 0. The zero-order valence-electron chi connectivity index (χ0n) is 8.35. The van der Waals surface area contributed by atoms with Crippen LogP contribution in [0.25, 0.3) is 0 Å². The molecule has 0 saturated heterocycles. The molecule has 0 saturated carbocycles. The van der Waals surface area contributed by atoms with E-state index in [9.17, 15) is 10.2 Å². The fraction of sp³-hybridized carbons (Fsp3) is 0.333. The van der Waals surface area contributed by atoms with Crippen LogP contribution in [0.3, 0.4) is 0 Å². The van der Waals surface area contributed by atoms with Gasteiger partial charge in [0.15, 0.2) is 0 Å². The van der Waals surface area contributed by atoms with E-state index < -0.39 is 11.7 Å². The summed E-state index contributed by atoms with van der Waals surface area (Å²) in [7, 11) is 0. The van der Waals surface area contributed by atoms with Gasteiger partial charge in [-0.1, -0.05) is 43.3 Å². The Morgan fingerprint density at radius 1 is 1.43 bits per heavy atom. The fourth-order valence-electron chi connectivity index (χ4n) is 1.37. The third-order valence-corrected chi connectivity index (χ3v) is 2.51. The Morgan fingerprint density at radius 3 is 2.43 bits per heavy atom. The Kier molecular flexibility index (Phi) is 3.44. The Labute approximate surface area is 84.5 Å². The van der Waals surface area contributed by atoms with Crippen molar-refractivity contribution >= 4 is 0 Å². The van der Waals surface area contributed by atoms with E-state index in [2.05, 4.69) is 6.58 Å². The van der Waals surface area contributed by atoms with E-state index in [0.29, 0.717) is 12.0 Å². The lowest BCUT2D eigenvalue weighted by atomic mass is 9.89. The summed E-state index contributed by atoms with van der Waals surface area (Å²) >= 11 is 0. The highest BCUT2D eigenvalue weighted by Gasteiger charge is 2.31. The summed E-state index contributed by atoms with van der Waals surface area (Å²) in [5.41, 5.74) is -0.529. The molecular weight excluding hydrogens is 176 g/mol. The molecule has 76 valence electrons. The molecule has 0 unspecified atom stereocenters. The normalized spacial score (nSPS) is 17.1. The van der Waals surface area contributed by atoms with Gasteiger partial charge in [-0.05, 0) is 12.0 Å². The Bertz CT molecular complexity index is 294. The van der Waals surface area contributed by atoms with Crippen LogP contribution in [0, 0.1) is 0 Å². The molecule has 2 nitrogen and oxygen atoms in total. The Hall–Kier alpha value is -1.12. The highest BCUT2D eigenvalue weighted by molar-refractivity contribution is 5.22. The van der Waals surface area contributed by atoms with Crippen molar-refractivity contribution in [1.82, 2.24) is 0 Å². The van der Waals surface area contributed by atoms with Crippen LogP contribution in [0.15, 0.2) is 43.0 Å². The molecule has 0 fully saturated rings. The van der Waals surface area contributed by atoms with Crippen molar-refractivity contribution in [2.45, 2.75) is 25.0 Å². The maximum absolute atomic E-state index is 9.98. The molecule has 0 heterocycles. The molecule has 0 spiro atoms. The minimum Gasteiger partial charge on any atom is -0.385 e. The van der Waals surface area contributed by atoms with Crippen LogP contribution in [0.5, 0.6) is 0 Å². The summed E-state index contributed by atoms with van der Waals surface area (Å²) in [6.07, 6.45) is 0.920. The van der Waals surface area contributed by atoms with Gasteiger partial charge in [0.2, 0.25) is 0 Å². The maximum Gasteiger partial charge on any atom is 0.112 e. The molecule has 0 aliphatic heterocycles. The van der Waals surface area contributed by atoms with Crippen molar-refractivity contribution in [3.8, 4) is 0 Å². The first-order valence-electron chi connectivity index (χ1n) is 4.73. The molecule has 1 rings (SSSR count). The van der Waals surface area contributed by atoms with Gasteiger partial charge < -0.3 is 10.2 Å². The molecule has 2 heteroatoms. The second kappa shape index (κ2) is 4.40. The summed E-state index contributed by atoms with van der Waals surface area (Å²) in [6, 6.07) is 9.11. The molecule has 0 aliphatic carbocycles. The molecule has 0 aromatic heterocycles. The number of aliphatic hydroxyl groups is 2. The molecule has 2 atom stereocenters. The van der Waals surface area contributed by atoms with E-state index in [4.69, 9.17) is 0 Å². The molecule has 1 aromatic rings. The predicted molar refractivity (Wildman–Crippen MR) is 56.8 cm³/mol. The fourth-order valence-corrected chi connectivity index (χ4v) is 1.37. The van der Waals surface area contributed by atoms with Crippen LogP contribution in [-0.2, 0) is 0 Å². The van der Waals surface area contributed by atoms with Crippen molar-refractivity contribution in [2.75, 3.05) is 0 Å². The van der Waals surface area contributed by atoms with Gasteiger partial charge in [0, 0.05) is 0 Å². The standard InChI is InChI=1S/C12H16O2/c1-3-12(14,4-2)11(13)10-8-6-5-7-9-10/h3,5-9,11,13-14H,1,4H2,2H3/t11-,12+/m0/s1. The first kappa shape index (κ1) is 11.0. The number of rotatable bonds is 4. The summed E-state index contributed by atoms with van der Waals surface area (Å²) in [4.78, 5) is 0. The second-order valence-electron chi connectivity index (χ2n) is 3.36. The first-order valence-corrected chi connectivity index (χ1v) is 4.73. The molecule has 0 radical (unpaired) electrons. The monoisotopic (exact) mass is 192 g/mol. The van der Waals surface area contributed by atoms with Crippen LogP contribution >= 0.6 is 0 Å². The van der Waals surface area contributed by atoms with Crippen molar-refractivity contribution in [1.29, 1.82) is 0 Å². The van der Waals surface area contributed by atoms with Crippen LogP contribution in [0.1, 0.15) is 25.0 Å². The average molecular weight is 192 g/mol. The van der Waals surface area contributed by atoms with Crippen LogP contribution in [0.2, 0.25) is 0 Å². The van der Waals surface area contributed by atoms with E-state index >= 15 is 0 Å². The number of hydrogen-bond donors (Lipinski definition) is 2. The van der Waals surface area contributed by atoms with Gasteiger partial charge in [0.05, 0.1) is 0 Å². The van der Waals surface area contributed by atoms with Crippen molar-refractivity contribution in [3.63, 3.8) is 0 Å². The lowest BCUT2D eigenvalue weighted by Gasteiger charge is -2.28.